The van der Waals surface area contributed by atoms with Gasteiger partial charge in [0, 0.05) is 16.7 Å². The summed E-state index contributed by atoms with van der Waals surface area (Å²) < 4.78 is 28.1. The van der Waals surface area contributed by atoms with E-state index in [2.05, 4.69) is 12.1 Å². The molecule has 3 rings (SSSR count). The summed E-state index contributed by atoms with van der Waals surface area (Å²) in [5.74, 6) is -0.791. The number of halogens is 2. The van der Waals surface area contributed by atoms with Gasteiger partial charge in [-0.25, -0.2) is 8.78 Å². The van der Waals surface area contributed by atoms with E-state index in [0.717, 1.165) is 5.56 Å². The average molecular weight is 304 g/mol. The van der Waals surface area contributed by atoms with Gasteiger partial charge in [0.05, 0.1) is 11.6 Å². The lowest BCUT2D eigenvalue weighted by Crippen LogP contribution is -1.93. The molecule has 3 aromatic carbocycles. The molecule has 3 aromatic rings. The molecule has 0 aliphatic rings. The van der Waals surface area contributed by atoms with Crippen molar-refractivity contribution in [2.45, 2.75) is 6.92 Å². The number of nitrogens with zero attached hydrogens (tertiary/aromatic N) is 1. The van der Waals surface area contributed by atoms with Crippen molar-refractivity contribution in [3.63, 3.8) is 0 Å². The molecule has 0 aliphatic carbocycles. The number of rotatable bonds is 2. The van der Waals surface area contributed by atoms with Gasteiger partial charge in [0.1, 0.15) is 11.6 Å². The van der Waals surface area contributed by atoms with E-state index >= 15 is 0 Å². The van der Waals surface area contributed by atoms with Crippen LogP contribution in [0.3, 0.4) is 0 Å². The van der Waals surface area contributed by atoms with Crippen LogP contribution in [0.25, 0.3) is 22.3 Å². The lowest BCUT2D eigenvalue weighted by Gasteiger charge is -2.11. The fourth-order valence-electron chi connectivity index (χ4n) is 2.64. The van der Waals surface area contributed by atoms with Crippen molar-refractivity contribution in [3.8, 4) is 28.3 Å². The fraction of sp³-hybridized carbons (Fsp3) is 0.0500. The Balaban J connectivity index is 2.19. The van der Waals surface area contributed by atoms with E-state index in [4.69, 9.17) is 0 Å². The fourth-order valence-corrected chi connectivity index (χ4v) is 2.64. The third kappa shape index (κ3) is 2.72. The highest BCUT2D eigenvalue weighted by molar-refractivity contribution is 5.77. The monoisotopic (exact) mass is 304 g/mol. The first kappa shape index (κ1) is 14.9. The summed E-state index contributed by atoms with van der Waals surface area (Å²) in [6.45, 7) is 1.78. The number of nitriles is 1. The molecule has 0 saturated heterocycles. The van der Waals surface area contributed by atoms with E-state index in [9.17, 15) is 14.0 Å². The molecule has 0 amide bonds. The molecule has 23 heavy (non-hydrogen) atoms. The Hall–Kier alpha value is -2.99. The maximum absolute atomic E-state index is 14.1. The summed E-state index contributed by atoms with van der Waals surface area (Å²) >= 11 is 0. The summed E-state index contributed by atoms with van der Waals surface area (Å²) in [7, 11) is 0. The SMILES string of the molecule is Cc1c[c]cc(F)c1-c1ccc(-c2ccccc2F)c(C#N)c1. The van der Waals surface area contributed by atoms with E-state index in [1.54, 1.807) is 49.4 Å². The molecule has 0 saturated carbocycles. The first-order valence-corrected chi connectivity index (χ1v) is 7.07. The molecule has 1 radical (unpaired) electrons. The molecule has 0 spiro atoms. The lowest BCUT2D eigenvalue weighted by molar-refractivity contribution is 0.629. The molecule has 0 fully saturated rings. The lowest BCUT2D eigenvalue weighted by atomic mass is 9.93. The minimum atomic E-state index is -0.396. The molecule has 111 valence electrons. The Labute approximate surface area is 133 Å². The highest BCUT2D eigenvalue weighted by atomic mass is 19.1. The van der Waals surface area contributed by atoms with Gasteiger partial charge in [0.25, 0.3) is 0 Å². The third-order valence-electron chi connectivity index (χ3n) is 3.74. The van der Waals surface area contributed by atoms with Gasteiger partial charge in [-0.3, -0.25) is 0 Å². The van der Waals surface area contributed by atoms with Gasteiger partial charge in [-0.1, -0.05) is 36.4 Å². The van der Waals surface area contributed by atoms with Gasteiger partial charge in [0.15, 0.2) is 0 Å². The summed E-state index contributed by atoms with van der Waals surface area (Å²) in [5, 5.41) is 9.41. The first-order valence-electron chi connectivity index (χ1n) is 7.07. The minimum Gasteiger partial charge on any atom is -0.206 e. The van der Waals surface area contributed by atoms with Crippen molar-refractivity contribution < 1.29 is 8.78 Å². The van der Waals surface area contributed by atoms with Crippen molar-refractivity contribution in [1.29, 1.82) is 5.26 Å². The van der Waals surface area contributed by atoms with E-state index in [1.807, 2.05) is 0 Å². The number of aryl methyl sites for hydroxylation is 1. The summed E-state index contributed by atoms with van der Waals surface area (Å²) in [5.41, 5.74) is 2.90. The first-order chi connectivity index (χ1) is 11.1. The second-order valence-corrected chi connectivity index (χ2v) is 5.21. The van der Waals surface area contributed by atoms with Crippen LogP contribution < -0.4 is 0 Å². The predicted octanol–water partition coefficient (Wildman–Crippen LogP) is 5.28. The Morgan fingerprint density at radius 3 is 2.43 bits per heavy atom. The molecule has 0 heterocycles. The van der Waals surface area contributed by atoms with Crippen LogP contribution in [0.5, 0.6) is 0 Å². The molecule has 0 unspecified atom stereocenters. The standard InChI is InChI=1S/C20H12F2N/c1-13-5-4-8-19(22)20(13)14-9-10-16(15(11-14)12-23)17-6-2-3-7-18(17)21/h2-3,5-11H,1H3. The molecule has 0 N–H and O–H groups in total. The maximum Gasteiger partial charge on any atom is 0.131 e. The van der Waals surface area contributed by atoms with Crippen LogP contribution >= 0.6 is 0 Å². The Kier molecular flexibility index (Phi) is 3.91. The van der Waals surface area contributed by atoms with Crippen molar-refractivity contribution in [2.75, 3.05) is 0 Å². The van der Waals surface area contributed by atoms with E-state index < -0.39 is 11.6 Å². The Morgan fingerprint density at radius 1 is 0.957 bits per heavy atom. The second kappa shape index (κ2) is 6.02. The number of benzene rings is 3. The molecular weight excluding hydrogens is 292 g/mol. The molecule has 0 aromatic heterocycles. The van der Waals surface area contributed by atoms with Crippen LogP contribution in [0, 0.1) is 36.0 Å². The van der Waals surface area contributed by atoms with Crippen molar-refractivity contribution in [3.05, 3.63) is 83.4 Å². The van der Waals surface area contributed by atoms with Crippen molar-refractivity contribution in [2.24, 2.45) is 0 Å². The van der Waals surface area contributed by atoms with Gasteiger partial charge in [-0.2, -0.15) is 5.26 Å². The van der Waals surface area contributed by atoms with Gasteiger partial charge in [-0.15, -0.1) is 0 Å². The van der Waals surface area contributed by atoms with Gasteiger partial charge in [0.2, 0.25) is 0 Å². The number of hydrogen-bond acceptors (Lipinski definition) is 1. The molecule has 0 aliphatic heterocycles. The maximum atomic E-state index is 14.1. The van der Waals surface area contributed by atoms with Gasteiger partial charge >= 0.3 is 0 Å². The smallest absolute Gasteiger partial charge is 0.131 e. The second-order valence-electron chi connectivity index (χ2n) is 5.21. The zero-order chi connectivity index (χ0) is 16.4. The quantitative estimate of drug-likeness (QED) is 0.632. The highest BCUT2D eigenvalue weighted by Crippen LogP contribution is 2.32. The van der Waals surface area contributed by atoms with Crippen LogP contribution in [0.1, 0.15) is 11.1 Å². The topological polar surface area (TPSA) is 23.8 Å². The van der Waals surface area contributed by atoms with E-state index in [1.165, 1.54) is 12.1 Å². The average Bonchev–Trinajstić information content (AvgIpc) is 2.55. The van der Waals surface area contributed by atoms with Crippen LogP contribution in [-0.4, -0.2) is 0 Å². The Morgan fingerprint density at radius 2 is 1.74 bits per heavy atom. The van der Waals surface area contributed by atoms with Crippen molar-refractivity contribution >= 4 is 0 Å². The largest absolute Gasteiger partial charge is 0.206 e. The highest BCUT2D eigenvalue weighted by Gasteiger charge is 2.13. The van der Waals surface area contributed by atoms with Gasteiger partial charge in [-0.05, 0) is 42.3 Å². The molecular formula is C20H12F2N. The normalized spacial score (nSPS) is 10.3. The summed E-state index contributed by atoms with van der Waals surface area (Å²) in [6, 6.07) is 19.0. The zero-order valence-corrected chi connectivity index (χ0v) is 12.4. The minimum absolute atomic E-state index is 0.305. The zero-order valence-electron chi connectivity index (χ0n) is 12.4. The van der Waals surface area contributed by atoms with E-state index in [-0.39, 0.29) is 0 Å². The van der Waals surface area contributed by atoms with Gasteiger partial charge < -0.3 is 0 Å². The van der Waals surface area contributed by atoms with Crippen LogP contribution in [0.2, 0.25) is 0 Å². The third-order valence-corrected chi connectivity index (χ3v) is 3.74. The Bertz CT molecular complexity index is 903. The molecule has 3 heteroatoms. The van der Waals surface area contributed by atoms with Crippen LogP contribution in [0.15, 0.2) is 54.6 Å². The number of hydrogen-bond donors (Lipinski definition) is 0. The summed E-state index contributed by atoms with van der Waals surface area (Å²) in [6.07, 6.45) is 0. The van der Waals surface area contributed by atoms with Crippen LogP contribution in [0.4, 0.5) is 8.78 Å². The molecule has 1 nitrogen and oxygen atoms in total. The van der Waals surface area contributed by atoms with Crippen molar-refractivity contribution in [1.82, 2.24) is 0 Å². The summed E-state index contributed by atoms with van der Waals surface area (Å²) in [4.78, 5) is 0. The van der Waals surface area contributed by atoms with Crippen LogP contribution in [-0.2, 0) is 0 Å². The molecule has 0 bridgehead atoms. The predicted molar refractivity (Wildman–Crippen MR) is 85.5 cm³/mol. The van der Waals surface area contributed by atoms with E-state index in [0.29, 0.717) is 27.8 Å². The molecule has 0 atom stereocenters.